The molecule has 3 heterocycles. The van der Waals surface area contributed by atoms with Crippen molar-refractivity contribution in [3.8, 4) is 17.0 Å². The minimum Gasteiger partial charge on any atom is -0.496 e. The van der Waals surface area contributed by atoms with Gasteiger partial charge in [-0.15, -0.1) is 0 Å². The third-order valence-corrected chi connectivity index (χ3v) is 5.94. The Balaban J connectivity index is 1.58. The Labute approximate surface area is 188 Å². The van der Waals surface area contributed by atoms with Gasteiger partial charge in [0.25, 0.3) is 5.91 Å². The van der Waals surface area contributed by atoms with Gasteiger partial charge in [-0.05, 0) is 43.5 Å². The average Bonchev–Trinajstić information content (AvgIpc) is 3.51. The lowest BCUT2D eigenvalue weighted by atomic mass is 10.1. The summed E-state index contributed by atoms with van der Waals surface area (Å²) in [5.74, 6) is 0.201. The number of fused-ring (bicyclic) bond motifs is 1. The number of hydrogen-bond acceptors (Lipinski definition) is 6. The van der Waals surface area contributed by atoms with E-state index in [2.05, 4.69) is 15.4 Å². The van der Waals surface area contributed by atoms with Crippen LogP contribution in [-0.2, 0) is 0 Å². The summed E-state index contributed by atoms with van der Waals surface area (Å²) in [7, 11) is 1.56. The molecule has 1 aliphatic rings. The smallest absolute Gasteiger partial charge is 0.261 e. The molecule has 4 aromatic rings. The van der Waals surface area contributed by atoms with E-state index in [1.807, 2.05) is 0 Å². The molecule has 0 bridgehead atoms. The monoisotopic (exact) mass is 452 g/mol. The van der Waals surface area contributed by atoms with Crippen LogP contribution in [0.5, 0.6) is 5.75 Å². The highest BCUT2D eigenvalue weighted by Crippen LogP contribution is 2.38. The van der Waals surface area contributed by atoms with Crippen molar-refractivity contribution < 1.29 is 14.6 Å². The molecule has 1 aliphatic carbocycles. The van der Waals surface area contributed by atoms with Crippen LogP contribution in [0.25, 0.3) is 16.9 Å². The number of rotatable bonds is 5. The van der Waals surface area contributed by atoms with Crippen molar-refractivity contribution in [3.63, 3.8) is 0 Å². The van der Waals surface area contributed by atoms with Gasteiger partial charge >= 0.3 is 0 Å². The van der Waals surface area contributed by atoms with Crippen molar-refractivity contribution in [2.75, 3.05) is 12.4 Å². The van der Waals surface area contributed by atoms with Crippen LogP contribution in [0.1, 0.15) is 35.7 Å². The van der Waals surface area contributed by atoms with E-state index in [1.165, 1.54) is 10.7 Å². The number of aliphatic hydroxyl groups is 1. The highest BCUT2D eigenvalue weighted by atomic mass is 35.5. The first-order valence-corrected chi connectivity index (χ1v) is 10.6. The van der Waals surface area contributed by atoms with Crippen LogP contribution in [-0.4, -0.2) is 48.6 Å². The fourth-order valence-electron chi connectivity index (χ4n) is 4.12. The van der Waals surface area contributed by atoms with E-state index >= 15 is 0 Å². The average molecular weight is 453 g/mol. The first-order chi connectivity index (χ1) is 15.5. The summed E-state index contributed by atoms with van der Waals surface area (Å²) < 4.78 is 8.76. The Kier molecular flexibility index (Phi) is 5.28. The number of methoxy groups -OCH3 is 1. The lowest BCUT2D eigenvalue weighted by Crippen LogP contribution is -2.18. The molecule has 9 nitrogen and oxygen atoms in total. The molecule has 10 heteroatoms. The van der Waals surface area contributed by atoms with Gasteiger partial charge in [-0.25, -0.2) is 9.50 Å². The van der Waals surface area contributed by atoms with Crippen molar-refractivity contribution in [1.82, 2.24) is 24.4 Å². The Hall–Kier alpha value is -3.43. The SMILES string of the molecule is COc1ccc(Cl)cc1-c1nn(C2CCCC2O)cc1NC(=O)c1cnn2cccnc12. The summed E-state index contributed by atoms with van der Waals surface area (Å²) in [6, 6.07) is 6.79. The third-order valence-electron chi connectivity index (χ3n) is 5.70. The number of amides is 1. The second-order valence-corrected chi connectivity index (χ2v) is 8.12. The molecular formula is C22H21ClN6O3. The Morgan fingerprint density at radius 2 is 2.22 bits per heavy atom. The molecule has 0 spiro atoms. The normalized spacial score (nSPS) is 18.2. The number of carbonyl (C=O) groups excluding carboxylic acids is 1. The van der Waals surface area contributed by atoms with Crippen LogP contribution < -0.4 is 10.1 Å². The minimum atomic E-state index is -0.489. The second-order valence-electron chi connectivity index (χ2n) is 7.68. The predicted octanol–water partition coefficient (Wildman–Crippen LogP) is 3.59. The number of aliphatic hydroxyl groups excluding tert-OH is 1. The third kappa shape index (κ3) is 3.59. The Morgan fingerprint density at radius 1 is 1.34 bits per heavy atom. The first kappa shape index (κ1) is 20.5. The number of anilines is 1. The van der Waals surface area contributed by atoms with Crippen LogP contribution in [0.4, 0.5) is 5.69 Å². The number of aromatic nitrogens is 5. The zero-order valence-electron chi connectivity index (χ0n) is 17.3. The quantitative estimate of drug-likeness (QED) is 0.479. The Morgan fingerprint density at radius 3 is 3.00 bits per heavy atom. The lowest BCUT2D eigenvalue weighted by molar-refractivity contribution is 0.102. The molecular weight excluding hydrogens is 432 g/mol. The van der Waals surface area contributed by atoms with E-state index in [0.29, 0.717) is 38.9 Å². The van der Waals surface area contributed by atoms with Crippen LogP contribution in [0.15, 0.2) is 49.1 Å². The fourth-order valence-corrected chi connectivity index (χ4v) is 4.30. The summed E-state index contributed by atoms with van der Waals surface area (Å²) >= 11 is 6.25. The van der Waals surface area contributed by atoms with Gasteiger partial charge in [0, 0.05) is 29.2 Å². The fraction of sp³-hybridized carbons (Fsp3) is 0.273. The topological polar surface area (TPSA) is 107 Å². The number of benzene rings is 1. The zero-order valence-corrected chi connectivity index (χ0v) is 18.0. The maximum absolute atomic E-state index is 13.1. The molecule has 0 radical (unpaired) electrons. The molecule has 164 valence electrons. The van der Waals surface area contributed by atoms with Crippen LogP contribution >= 0.6 is 11.6 Å². The van der Waals surface area contributed by atoms with Gasteiger partial charge in [0.2, 0.25) is 0 Å². The summed E-state index contributed by atoms with van der Waals surface area (Å²) in [4.78, 5) is 17.4. The number of nitrogens with zero attached hydrogens (tertiary/aromatic N) is 5. The van der Waals surface area contributed by atoms with Crippen LogP contribution in [0.2, 0.25) is 5.02 Å². The van der Waals surface area contributed by atoms with Gasteiger partial charge < -0.3 is 15.2 Å². The highest BCUT2D eigenvalue weighted by Gasteiger charge is 2.30. The van der Waals surface area contributed by atoms with Gasteiger partial charge in [-0.1, -0.05) is 11.6 Å². The van der Waals surface area contributed by atoms with Crippen LogP contribution in [0, 0.1) is 0 Å². The molecule has 0 aliphatic heterocycles. The predicted molar refractivity (Wildman–Crippen MR) is 119 cm³/mol. The van der Waals surface area contributed by atoms with E-state index in [0.717, 1.165) is 19.3 Å². The molecule has 3 aromatic heterocycles. The number of carbonyl (C=O) groups is 1. The van der Waals surface area contributed by atoms with E-state index in [1.54, 1.807) is 54.6 Å². The van der Waals surface area contributed by atoms with E-state index in [9.17, 15) is 9.90 Å². The van der Waals surface area contributed by atoms with Gasteiger partial charge in [-0.3, -0.25) is 9.48 Å². The van der Waals surface area contributed by atoms with Crippen molar-refractivity contribution >= 4 is 28.8 Å². The molecule has 1 amide bonds. The molecule has 32 heavy (non-hydrogen) atoms. The molecule has 1 aromatic carbocycles. The number of halogens is 1. The second kappa shape index (κ2) is 8.25. The lowest BCUT2D eigenvalue weighted by Gasteiger charge is -2.14. The minimum absolute atomic E-state index is 0.164. The molecule has 2 unspecified atom stereocenters. The summed E-state index contributed by atoms with van der Waals surface area (Å²) in [6.45, 7) is 0. The standard InChI is InChI=1S/C22H21ClN6O3/c1-32-19-7-6-13(23)10-14(19)20-16(12-29(27-20)17-4-2-5-18(17)30)26-22(31)15-11-25-28-9-3-8-24-21(15)28/h3,6-12,17-18,30H,2,4-5H2,1H3,(H,26,31). The molecule has 1 fully saturated rings. The number of nitrogens with one attached hydrogen (secondary N) is 1. The van der Waals surface area contributed by atoms with E-state index in [-0.39, 0.29) is 11.9 Å². The van der Waals surface area contributed by atoms with Crippen molar-refractivity contribution in [3.05, 3.63) is 59.6 Å². The van der Waals surface area contributed by atoms with E-state index in [4.69, 9.17) is 21.4 Å². The number of hydrogen-bond donors (Lipinski definition) is 2. The molecule has 1 saturated carbocycles. The summed E-state index contributed by atoms with van der Waals surface area (Å²) in [6.07, 6.45) is 8.50. The van der Waals surface area contributed by atoms with E-state index < -0.39 is 6.10 Å². The molecule has 2 atom stereocenters. The van der Waals surface area contributed by atoms with Gasteiger partial charge in [0.1, 0.15) is 17.0 Å². The largest absolute Gasteiger partial charge is 0.496 e. The maximum atomic E-state index is 13.1. The summed E-state index contributed by atoms with van der Waals surface area (Å²) in [5, 5.41) is 22.8. The summed E-state index contributed by atoms with van der Waals surface area (Å²) in [5.41, 5.74) is 2.40. The maximum Gasteiger partial charge on any atom is 0.261 e. The van der Waals surface area contributed by atoms with Crippen molar-refractivity contribution in [2.24, 2.45) is 0 Å². The van der Waals surface area contributed by atoms with Gasteiger partial charge in [-0.2, -0.15) is 10.2 Å². The Bertz CT molecular complexity index is 1300. The van der Waals surface area contributed by atoms with Gasteiger partial charge in [0.05, 0.1) is 31.1 Å². The van der Waals surface area contributed by atoms with Crippen molar-refractivity contribution in [1.29, 1.82) is 0 Å². The number of ether oxygens (including phenoxy) is 1. The van der Waals surface area contributed by atoms with Crippen LogP contribution in [0.3, 0.4) is 0 Å². The highest BCUT2D eigenvalue weighted by molar-refractivity contribution is 6.31. The molecule has 0 saturated heterocycles. The molecule has 5 rings (SSSR count). The molecule has 2 N–H and O–H groups in total. The first-order valence-electron chi connectivity index (χ1n) is 10.3. The zero-order chi connectivity index (χ0) is 22.2. The van der Waals surface area contributed by atoms with Gasteiger partial charge in [0.15, 0.2) is 5.65 Å². The van der Waals surface area contributed by atoms with Crippen molar-refractivity contribution in [2.45, 2.75) is 31.4 Å².